The number of benzene rings is 1. The first-order valence-corrected chi connectivity index (χ1v) is 4.79. The van der Waals surface area contributed by atoms with E-state index in [1.807, 2.05) is 6.07 Å². The van der Waals surface area contributed by atoms with E-state index in [0.29, 0.717) is 5.56 Å². The van der Waals surface area contributed by atoms with Gasteiger partial charge in [0.2, 0.25) is 0 Å². The third-order valence-corrected chi connectivity index (χ3v) is 2.47. The fraction of sp³-hybridized carbons (Fsp3) is 0.364. The molecule has 0 amide bonds. The van der Waals surface area contributed by atoms with Gasteiger partial charge >= 0.3 is 5.97 Å². The molecule has 1 unspecified atom stereocenters. The molecule has 1 aromatic rings. The summed E-state index contributed by atoms with van der Waals surface area (Å²) in [6.07, 6.45) is -2.78. The molecule has 0 saturated carbocycles. The zero-order valence-corrected chi connectivity index (χ0v) is 8.04. The fourth-order valence-electron chi connectivity index (χ4n) is 1.68. The van der Waals surface area contributed by atoms with Crippen LogP contribution in [-0.2, 0) is 9.53 Å². The Morgan fingerprint density at radius 1 is 1.33 bits per heavy atom. The molecule has 3 atom stereocenters. The molecule has 15 heavy (non-hydrogen) atoms. The van der Waals surface area contributed by atoms with E-state index in [0.717, 1.165) is 0 Å². The molecule has 1 heterocycles. The average molecular weight is 208 g/mol. The van der Waals surface area contributed by atoms with Crippen LogP contribution in [0.25, 0.3) is 0 Å². The third-order valence-electron chi connectivity index (χ3n) is 2.47. The molecule has 2 rings (SSSR count). The van der Waals surface area contributed by atoms with Gasteiger partial charge in [0.25, 0.3) is 0 Å². The van der Waals surface area contributed by atoms with Crippen LogP contribution >= 0.6 is 0 Å². The fourth-order valence-corrected chi connectivity index (χ4v) is 1.68. The highest BCUT2D eigenvalue weighted by molar-refractivity contribution is 5.72. The number of esters is 1. The summed E-state index contributed by atoms with van der Waals surface area (Å²) in [5.41, 5.74) is 0.635. The van der Waals surface area contributed by atoms with Crippen molar-refractivity contribution in [1.82, 2.24) is 0 Å². The van der Waals surface area contributed by atoms with Gasteiger partial charge < -0.3 is 14.9 Å². The van der Waals surface area contributed by atoms with E-state index in [1.54, 1.807) is 24.3 Å². The Hall–Kier alpha value is -1.39. The first kappa shape index (κ1) is 10.1. The summed E-state index contributed by atoms with van der Waals surface area (Å²) in [7, 11) is 0. The number of aliphatic hydroxyl groups excluding tert-OH is 2. The molecule has 0 radical (unpaired) electrons. The molecular formula is C11H12O4. The Morgan fingerprint density at radius 2 is 2.00 bits per heavy atom. The second-order valence-corrected chi connectivity index (χ2v) is 3.58. The number of rotatable bonds is 2. The zero-order chi connectivity index (χ0) is 10.8. The van der Waals surface area contributed by atoms with Gasteiger partial charge in [-0.05, 0) is 5.56 Å². The lowest BCUT2D eigenvalue weighted by atomic mass is 10.0. The topological polar surface area (TPSA) is 66.8 Å². The summed E-state index contributed by atoms with van der Waals surface area (Å²) in [5.74, 6) is -0.470. The molecule has 1 aromatic carbocycles. The second-order valence-electron chi connectivity index (χ2n) is 3.58. The number of cyclic esters (lactones) is 1. The molecule has 2 N–H and O–H groups in total. The molecule has 4 heteroatoms. The highest BCUT2D eigenvalue weighted by atomic mass is 16.6. The maximum atomic E-state index is 10.9. The number of carbonyl (C=O) groups is 1. The largest absolute Gasteiger partial charge is 0.456 e. The van der Waals surface area contributed by atoms with E-state index in [-0.39, 0.29) is 6.42 Å². The van der Waals surface area contributed by atoms with Crippen LogP contribution < -0.4 is 0 Å². The van der Waals surface area contributed by atoms with Crippen LogP contribution in [0.4, 0.5) is 0 Å². The highest BCUT2D eigenvalue weighted by Crippen LogP contribution is 2.27. The maximum Gasteiger partial charge on any atom is 0.309 e. The van der Waals surface area contributed by atoms with E-state index in [9.17, 15) is 15.0 Å². The average Bonchev–Trinajstić information content (AvgIpc) is 2.58. The molecule has 80 valence electrons. The molecule has 0 spiro atoms. The number of hydrogen-bond donors (Lipinski definition) is 2. The van der Waals surface area contributed by atoms with Gasteiger partial charge in [-0.15, -0.1) is 0 Å². The molecule has 1 aliphatic rings. The predicted molar refractivity (Wildman–Crippen MR) is 51.9 cm³/mol. The molecular weight excluding hydrogens is 196 g/mol. The van der Waals surface area contributed by atoms with Crippen molar-refractivity contribution in [2.75, 3.05) is 0 Å². The minimum absolute atomic E-state index is 0.0471. The highest BCUT2D eigenvalue weighted by Gasteiger charge is 2.38. The van der Waals surface area contributed by atoms with Crippen molar-refractivity contribution in [3.8, 4) is 0 Å². The van der Waals surface area contributed by atoms with Crippen molar-refractivity contribution in [3.05, 3.63) is 35.9 Å². The van der Waals surface area contributed by atoms with Gasteiger partial charge in [-0.25, -0.2) is 0 Å². The summed E-state index contributed by atoms with van der Waals surface area (Å²) < 4.78 is 4.85. The Bertz CT molecular complexity index is 349. The summed E-state index contributed by atoms with van der Waals surface area (Å²) >= 11 is 0. The van der Waals surface area contributed by atoms with Gasteiger partial charge in [-0.2, -0.15) is 0 Å². The normalized spacial score (nSPS) is 27.5. The van der Waals surface area contributed by atoms with Crippen molar-refractivity contribution < 1.29 is 19.7 Å². The van der Waals surface area contributed by atoms with Crippen LogP contribution in [0.2, 0.25) is 0 Å². The van der Waals surface area contributed by atoms with Crippen LogP contribution in [-0.4, -0.2) is 28.4 Å². The van der Waals surface area contributed by atoms with Crippen LogP contribution in [0.1, 0.15) is 18.1 Å². The first-order chi connectivity index (χ1) is 7.18. The second kappa shape index (κ2) is 4.00. The van der Waals surface area contributed by atoms with E-state index in [2.05, 4.69) is 0 Å². The lowest BCUT2D eigenvalue weighted by Crippen LogP contribution is -2.28. The quantitative estimate of drug-likeness (QED) is 0.690. The van der Waals surface area contributed by atoms with E-state index >= 15 is 0 Å². The van der Waals surface area contributed by atoms with Gasteiger partial charge in [0, 0.05) is 0 Å². The number of hydrogen-bond acceptors (Lipinski definition) is 4. The number of ether oxygens (including phenoxy) is 1. The van der Waals surface area contributed by atoms with Crippen LogP contribution in [0.3, 0.4) is 0 Å². The monoisotopic (exact) mass is 208 g/mol. The number of aliphatic hydroxyl groups is 2. The van der Waals surface area contributed by atoms with Crippen LogP contribution in [0.15, 0.2) is 30.3 Å². The van der Waals surface area contributed by atoms with Crippen molar-refractivity contribution in [3.63, 3.8) is 0 Å². The first-order valence-electron chi connectivity index (χ1n) is 4.79. The Morgan fingerprint density at radius 3 is 2.53 bits per heavy atom. The van der Waals surface area contributed by atoms with Crippen molar-refractivity contribution in [2.45, 2.75) is 24.7 Å². The van der Waals surface area contributed by atoms with E-state index < -0.39 is 24.3 Å². The summed E-state index contributed by atoms with van der Waals surface area (Å²) in [4.78, 5) is 10.9. The van der Waals surface area contributed by atoms with Crippen molar-refractivity contribution >= 4 is 5.97 Å². The van der Waals surface area contributed by atoms with Crippen molar-refractivity contribution in [2.24, 2.45) is 0 Å². The SMILES string of the molecule is O=C1C[C@@H](O)[C@H](C(O)c2ccccc2)O1. The molecule has 0 aromatic heterocycles. The number of carbonyl (C=O) groups excluding carboxylic acids is 1. The predicted octanol–water partition coefficient (Wildman–Crippen LogP) is 0.396. The molecule has 0 aliphatic carbocycles. The molecule has 4 nitrogen and oxygen atoms in total. The summed E-state index contributed by atoms with van der Waals surface area (Å²) in [6.45, 7) is 0. The minimum Gasteiger partial charge on any atom is -0.456 e. The van der Waals surface area contributed by atoms with Gasteiger partial charge in [0.15, 0.2) is 6.10 Å². The van der Waals surface area contributed by atoms with Crippen molar-refractivity contribution in [1.29, 1.82) is 0 Å². The lowest BCUT2D eigenvalue weighted by Gasteiger charge is -2.19. The molecule has 0 bridgehead atoms. The standard InChI is InChI=1S/C11H12O4/c12-8-6-9(13)15-11(8)10(14)7-4-2-1-3-5-7/h1-5,8,10-12,14H,6H2/t8-,10?,11-/m1/s1. The Balaban J connectivity index is 2.15. The Kier molecular flexibility index (Phi) is 2.70. The molecule has 1 saturated heterocycles. The van der Waals surface area contributed by atoms with E-state index in [1.165, 1.54) is 0 Å². The zero-order valence-electron chi connectivity index (χ0n) is 8.04. The van der Waals surface area contributed by atoms with Gasteiger partial charge in [-0.1, -0.05) is 30.3 Å². The van der Waals surface area contributed by atoms with Crippen LogP contribution in [0, 0.1) is 0 Å². The van der Waals surface area contributed by atoms with Crippen LogP contribution in [0.5, 0.6) is 0 Å². The van der Waals surface area contributed by atoms with Gasteiger partial charge in [0.05, 0.1) is 6.42 Å². The lowest BCUT2D eigenvalue weighted by molar-refractivity contribution is -0.146. The smallest absolute Gasteiger partial charge is 0.309 e. The Labute approximate surface area is 87.1 Å². The minimum atomic E-state index is -0.965. The maximum absolute atomic E-state index is 10.9. The molecule has 1 fully saturated rings. The van der Waals surface area contributed by atoms with Gasteiger partial charge in [0.1, 0.15) is 12.2 Å². The molecule has 1 aliphatic heterocycles. The summed E-state index contributed by atoms with van der Waals surface area (Å²) in [6, 6.07) is 8.84. The third kappa shape index (κ3) is 2.00. The van der Waals surface area contributed by atoms with Gasteiger partial charge in [-0.3, -0.25) is 4.79 Å². The van der Waals surface area contributed by atoms with E-state index in [4.69, 9.17) is 4.74 Å². The summed E-state index contributed by atoms with van der Waals surface area (Å²) in [5, 5.41) is 19.4.